The van der Waals surface area contributed by atoms with Crippen LogP contribution in [0.25, 0.3) is 11.1 Å². The second-order valence-corrected chi connectivity index (χ2v) is 5.45. The Morgan fingerprint density at radius 1 is 1.09 bits per heavy atom. The quantitative estimate of drug-likeness (QED) is 0.727. The number of anilines is 1. The Morgan fingerprint density at radius 3 is 2.59 bits per heavy atom. The molecule has 112 valence electrons. The third-order valence-electron chi connectivity index (χ3n) is 4.07. The standard InChI is InChI=1S/C16H15FN4O/c17-12-3-1-4-13-14(12)22-16(20-13)21-9-5-11(6-10-21)15-18-7-2-8-19-15/h1-4,7-8,11H,5-6,9-10H2. The van der Waals surface area contributed by atoms with Crippen molar-refractivity contribution in [3.63, 3.8) is 0 Å². The van der Waals surface area contributed by atoms with Crippen molar-refractivity contribution in [2.45, 2.75) is 18.8 Å². The lowest BCUT2D eigenvalue weighted by molar-refractivity contribution is 0.452. The molecule has 5 nitrogen and oxygen atoms in total. The van der Waals surface area contributed by atoms with Crippen LogP contribution in [0.4, 0.5) is 10.4 Å². The van der Waals surface area contributed by atoms with Crippen molar-refractivity contribution >= 4 is 17.1 Å². The highest BCUT2D eigenvalue weighted by Gasteiger charge is 2.25. The first-order valence-electron chi connectivity index (χ1n) is 7.38. The van der Waals surface area contributed by atoms with E-state index in [1.54, 1.807) is 24.5 Å². The van der Waals surface area contributed by atoms with E-state index < -0.39 is 0 Å². The highest BCUT2D eigenvalue weighted by molar-refractivity contribution is 5.75. The average molecular weight is 298 g/mol. The zero-order valence-electron chi connectivity index (χ0n) is 11.9. The van der Waals surface area contributed by atoms with Gasteiger partial charge < -0.3 is 9.32 Å². The van der Waals surface area contributed by atoms with E-state index >= 15 is 0 Å². The second kappa shape index (κ2) is 5.36. The van der Waals surface area contributed by atoms with Gasteiger partial charge in [-0.25, -0.2) is 14.4 Å². The Balaban J connectivity index is 1.52. The number of hydrogen-bond acceptors (Lipinski definition) is 5. The highest BCUT2D eigenvalue weighted by Crippen LogP contribution is 2.30. The van der Waals surface area contributed by atoms with Gasteiger partial charge in [0, 0.05) is 31.4 Å². The topological polar surface area (TPSA) is 55.1 Å². The van der Waals surface area contributed by atoms with Gasteiger partial charge in [-0.2, -0.15) is 4.98 Å². The van der Waals surface area contributed by atoms with Gasteiger partial charge in [0.1, 0.15) is 11.3 Å². The normalized spacial score (nSPS) is 16.3. The van der Waals surface area contributed by atoms with Crippen molar-refractivity contribution in [2.24, 2.45) is 0 Å². The molecule has 6 heteroatoms. The molecule has 1 aliphatic heterocycles. The van der Waals surface area contributed by atoms with Crippen LogP contribution in [0.1, 0.15) is 24.6 Å². The van der Waals surface area contributed by atoms with Crippen molar-refractivity contribution in [1.82, 2.24) is 15.0 Å². The van der Waals surface area contributed by atoms with Crippen LogP contribution >= 0.6 is 0 Å². The summed E-state index contributed by atoms with van der Waals surface area (Å²) in [5.41, 5.74) is 0.787. The number of benzene rings is 1. The van der Waals surface area contributed by atoms with Crippen LogP contribution in [-0.2, 0) is 0 Å². The lowest BCUT2D eigenvalue weighted by Crippen LogP contribution is -2.33. The first-order chi connectivity index (χ1) is 10.8. The number of nitrogens with zero attached hydrogens (tertiary/aromatic N) is 4. The summed E-state index contributed by atoms with van der Waals surface area (Å²) in [5.74, 6) is 0.883. The summed E-state index contributed by atoms with van der Waals surface area (Å²) in [6.45, 7) is 1.61. The molecule has 4 rings (SSSR count). The average Bonchev–Trinajstić information content (AvgIpc) is 3.02. The lowest BCUT2D eigenvalue weighted by atomic mass is 9.96. The molecule has 0 N–H and O–H groups in total. The van der Waals surface area contributed by atoms with E-state index in [2.05, 4.69) is 19.9 Å². The van der Waals surface area contributed by atoms with Crippen molar-refractivity contribution in [3.8, 4) is 0 Å². The molecular formula is C16H15FN4O. The molecule has 0 saturated carbocycles. The molecule has 1 aromatic carbocycles. The summed E-state index contributed by atoms with van der Waals surface area (Å²) in [7, 11) is 0. The molecule has 0 aliphatic carbocycles. The maximum atomic E-state index is 13.7. The predicted molar refractivity (Wildman–Crippen MR) is 80.2 cm³/mol. The molecular weight excluding hydrogens is 283 g/mol. The van der Waals surface area contributed by atoms with Gasteiger partial charge in [0.25, 0.3) is 6.01 Å². The smallest absolute Gasteiger partial charge is 0.298 e. The molecule has 0 bridgehead atoms. The fraction of sp³-hybridized carbons (Fsp3) is 0.312. The minimum absolute atomic E-state index is 0.228. The lowest BCUT2D eigenvalue weighted by Gasteiger charge is -2.29. The molecule has 0 radical (unpaired) electrons. The number of hydrogen-bond donors (Lipinski definition) is 0. The van der Waals surface area contributed by atoms with Gasteiger partial charge in [-0.05, 0) is 31.0 Å². The summed E-state index contributed by atoms with van der Waals surface area (Å²) in [4.78, 5) is 15.1. The number of piperidine rings is 1. The number of para-hydroxylation sites is 1. The van der Waals surface area contributed by atoms with Crippen molar-refractivity contribution in [1.29, 1.82) is 0 Å². The number of aromatic nitrogens is 3. The predicted octanol–water partition coefficient (Wildman–Crippen LogP) is 3.14. The molecule has 0 amide bonds. The number of rotatable bonds is 2. The third-order valence-corrected chi connectivity index (χ3v) is 4.07. The Kier molecular flexibility index (Phi) is 3.21. The Morgan fingerprint density at radius 2 is 1.86 bits per heavy atom. The Labute approximate surface area is 126 Å². The summed E-state index contributed by atoms with van der Waals surface area (Å²) in [6.07, 6.45) is 5.42. The van der Waals surface area contributed by atoms with Gasteiger partial charge >= 0.3 is 0 Å². The minimum Gasteiger partial charge on any atom is -0.420 e. The largest absolute Gasteiger partial charge is 0.420 e. The van der Waals surface area contributed by atoms with Crippen LogP contribution in [0.3, 0.4) is 0 Å². The van der Waals surface area contributed by atoms with Crippen LogP contribution in [0.15, 0.2) is 41.1 Å². The van der Waals surface area contributed by atoms with Crippen LogP contribution in [0.5, 0.6) is 0 Å². The summed E-state index contributed by atoms with van der Waals surface area (Å²) < 4.78 is 19.3. The molecule has 1 saturated heterocycles. The maximum absolute atomic E-state index is 13.7. The van der Waals surface area contributed by atoms with Gasteiger partial charge in [-0.3, -0.25) is 0 Å². The van der Waals surface area contributed by atoms with Crippen LogP contribution in [-0.4, -0.2) is 28.0 Å². The van der Waals surface area contributed by atoms with E-state index in [1.165, 1.54) is 6.07 Å². The molecule has 3 aromatic rings. The van der Waals surface area contributed by atoms with Gasteiger partial charge in [0.2, 0.25) is 0 Å². The van der Waals surface area contributed by atoms with Gasteiger partial charge in [0.05, 0.1) is 0 Å². The SMILES string of the molecule is Fc1cccc2nc(N3CCC(c4ncccn4)CC3)oc12. The van der Waals surface area contributed by atoms with Gasteiger partial charge in [0.15, 0.2) is 11.4 Å². The molecule has 1 aliphatic rings. The van der Waals surface area contributed by atoms with Gasteiger partial charge in [-0.1, -0.05) is 6.07 Å². The zero-order chi connectivity index (χ0) is 14.9. The molecule has 1 fully saturated rings. The summed E-state index contributed by atoms with van der Waals surface area (Å²) in [6, 6.07) is 7.10. The minimum atomic E-state index is -0.371. The third kappa shape index (κ3) is 2.30. The van der Waals surface area contributed by atoms with Crippen molar-refractivity contribution in [3.05, 3.63) is 48.3 Å². The number of fused-ring (bicyclic) bond motifs is 1. The first-order valence-corrected chi connectivity index (χ1v) is 7.38. The van der Waals surface area contributed by atoms with E-state index in [9.17, 15) is 4.39 Å². The van der Waals surface area contributed by atoms with Crippen molar-refractivity contribution in [2.75, 3.05) is 18.0 Å². The van der Waals surface area contributed by atoms with Crippen LogP contribution in [0.2, 0.25) is 0 Å². The molecule has 0 atom stereocenters. The van der Waals surface area contributed by atoms with E-state index in [1.807, 2.05) is 6.07 Å². The highest BCUT2D eigenvalue weighted by atomic mass is 19.1. The van der Waals surface area contributed by atoms with E-state index in [0.717, 1.165) is 31.8 Å². The molecule has 0 spiro atoms. The molecule has 0 unspecified atom stereocenters. The zero-order valence-corrected chi connectivity index (χ0v) is 11.9. The number of halogens is 1. The fourth-order valence-corrected chi connectivity index (χ4v) is 2.89. The number of oxazole rings is 1. The fourth-order valence-electron chi connectivity index (χ4n) is 2.89. The van der Waals surface area contributed by atoms with E-state index in [4.69, 9.17) is 4.42 Å². The van der Waals surface area contributed by atoms with E-state index in [0.29, 0.717) is 17.4 Å². The van der Waals surface area contributed by atoms with Crippen molar-refractivity contribution < 1.29 is 8.81 Å². The monoisotopic (exact) mass is 298 g/mol. The molecule has 2 aromatic heterocycles. The van der Waals surface area contributed by atoms with Crippen LogP contribution in [0, 0.1) is 5.82 Å². The first kappa shape index (κ1) is 13.2. The summed E-state index contributed by atoms with van der Waals surface area (Å²) >= 11 is 0. The maximum Gasteiger partial charge on any atom is 0.298 e. The molecule has 22 heavy (non-hydrogen) atoms. The second-order valence-electron chi connectivity index (χ2n) is 5.45. The van der Waals surface area contributed by atoms with Gasteiger partial charge in [-0.15, -0.1) is 0 Å². The molecule has 3 heterocycles. The summed E-state index contributed by atoms with van der Waals surface area (Å²) in [5, 5.41) is 0. The Bertz CT molecular complexity index is 781. The van der Waals surface area contributed by atoms with Crippen LogP contribution < -0.4 is 4.90 Å². The van der Waals surface area contributed by atoms with E-state index in [-0.39, 0.29) is 11.4 Å². The Hall–Kier alpha value is -2.50.